The van der Waals surface area contributed by atoms with Crippen LogP contribution in [-0.2, 0) is 6.61 Å². The molecule has 0 aliphatic carbocycles. The number of aryl methyl sites for hydroxylation is 1. The van der Waals surface area contributed by atoms with Crippen LogP contribution in [0.25, 0.3) is 0 Å². The van der Waals surface area contributed by atoms with Gasteiger partial charge in [-0.05, 0) is 43.2 Å². The van der Waals surface area contributed by atoms with Gasteiger partial charge >= 0.3 is 0 Å². The Morgan fingerprint density at radius 2 is 1.90 bits per heavy atom. The van der Waals surface area contributed by atoms with Crippen LogP contribution in [0.4, 0.5) is 11.4 Å². The summed E-state index contributed by atoms with van der Waals surface area (Å²) in [5, 5.41) is 18.5. The second-order valence-electron chi connectivity index (χ2n) is 4.65. The van der Waals surface area contributed by atoms with E-state index in [9.17, 15) is 10.4 Å². The van der Waals surface area contributed by atoms with Crippen LogP contribution in [0.3, 0.4) is 0 Å². The third-order valence-corrected chi connectivity index (χ3v) is 3.38. The van der Waals surface area contributed by atoms with E-state index in [4.69, 9.17) is 0 Å². The van der Waals surface area contributed by atoms with E-state index in [0.717, 1.165) is 23.5 Å². The first-order valence-corrected chi connectivity index (χ1v) is 6.68. The lowest BCUT2D eigenvalue weighted by molar-refractivity contribution is 0.282. The molecule has 0 unspecified atom stereocenters. The summed E-state index contributed by atoms with van der Waals surface area (Å²) < 4.78 is 0. The van der Waals surface area contributed by atoms with E-state index in [2.05, 4.69) is 36.9 Å². The topological polar surface area (TPSA) is 47.3 Å². The number of hydrogen-bond donors (Lipinski definition) is 1. The van der Waals surface area contributed by atoms with Crippen molar-refractivity contribution in [1.82, 2.24) is 0 Å². The smallest absolute Gasteiger partial charge is 0.101 e. The van der Waals surface area contributed by atoms with E-state index in [-0.39, 0.29) is 6.61 Å². The molecule has 0 atom stereocenters. The molecule has 0 fully saturated rings. The Hall–Kier alpha value is -2.31. The van der Waals surface area contributed by atoms with Crippen LogP contribution >= 0.6 is 0 Å². The van der Waals surface area contributed by atoms with Gasteiger partial charge in [0, 0.05) is 12.2 Å². The van der Waals surface area contributed by atoms with Crippen LogP contribution in [0.1, 0.15) is 23.6 Å². The molecule has 0 aromatic heterocycles. The molecule has 2 aromatic rings. The van der Waals surface area contributed by atoms with E-state index < -0.39 is 0 Å². The van der Waals surface area contributed by atoms with Crippen LogP contribution in [0.5, 0.6) is 0 Å². The van der Waals surface area contributed by atoms with Gasteiger partial charge in [-0.1, -0.05) is 24.3 Å². The van der Waals surface area contributed by atoms with Gasteiger partial charge in [0.15, 0.2) is 0 Å². The molecule has 0 saturated carbocycles. The number of aliphatic hydroxyl groups is 1. The maximum Gasteiger partial charge on any atom is 0.101 e. The quantitative estimate of drug-likeness (QED) is 0.921. The number of benzene rings is 2. The minimum atomic E-state index is -0.0501. The van der Waals surface area contributed by atoms with Gasteiger partial charge in [0.2, 0.25) is 0 Å². The molecule has 0 heterocycles. The summed E-state index contributed by atoms with van der Waals surface area (Å²) in [6, 6.07) is 15.9. The third-order valence-electron chi connectivity index (χ3n) is 3.38. The predicted octanol–water partition coefficient (Wildman–Crippen LogP) is 3.52. The molecule has 0 bridgehead atoms. The van der Waals surface area contributed by atoms with E-state index in [1.54, 1.807) is 6.07 Å². The number of para-hydroxylation sites is 1. The minimum absolute atomic E-state index is 0.0501. The summed E-state index contributed by atoms with van der Waals surface area (Å²) >= 11 is 0. The standard InChI is InChI=1S/C17H18N2O/c1-3-19(16-7-5-4-6-13(16)2)17-9-8-14(12-20)10-15(17)11-18/h4-10,20H,3,12H2,1-2H3. The average molecular weight is 266 g/mol. The molecule has 0 saturated heterocycles. The highest BCUT2D eigenvalue weighted by atomic mass is 16.3. The lowest BCUT2D eigenvalue weighted by Gasteiger charge is -2.26. The molecule has 2 aromatic carbocycles. The van der Waals surface area contributed by atoms with Crippen molar-refractivity contribution in [1.29, 1.82) is 5.26 Å². The summed E-state index contributed by atoms with van der Waals surface area (Å²) in [7, 11) is 0. The zero-order valence-electron chi connectivity index (χ0n) is 11.8. The highest BCUT2D eigenvalue weighted by molar-refractivity contribution is 5.71. The fraction of sp³-hybridized carbons (Fsp3) is 0.235. The Morgan fingerprint density at radius 1 is 1.15 bits per heavy atom. The summed E-state index contributed by atoms with van der Waals surface area (Å²) in [4.78, 5) is 2.12. The van der Waals surface area contributed by atoms with Gasteiger partial charge in [-0.2, -0.15) is 5.26 Å². The van der Waals surface area contributed by atoms with Crippen LogP contribution in [0, 0.1) is 18.3 Å². The molecule has 102 valence electrons. The summed E-state index contributed by atoms with van der Waals surface area (Å²) in [6.07, 6.45) is 0. The highest BCUT2D eigenvalue weighted by Gasteiger charge is 2.13. The second-order valence-corrected chi connectivity index (χ2v) is 4.65. The van der Waals surface area contributed by atoms with Gasteiger partial charge < -0.3 is 10.0 Å². The molecular formula is C17H18N2O. The van der Waals surface area contributed by atoms with E-state index in [0.29, 0.717) is 5.56 Å². The molecule has 0 spiro atoms. The highest BCUT2D eigenvalue weighted by Crippen LogP contribution is 2.31. The van der Waals surface area contributed by atoms with Crippen molar-refractivity contribution in [3.63, 3.8) is 0 Å². The number of anilines is 2. The third kappa shape index (κ3) is 2.66. The molecule has 3 nitrogen and oxygen atoms in total. The Bertz CT molecular complexity index is 644. The van der Waals surface area contributed by atoms with Crippen molar-refractivity contribution in [2.45, 2.75) is 20.5 Å². The maximum absolute atomic E-state index is 9.34. The van der Waals surface area contributed by atoms with Crippen LogP contribution < -0.4 is 4.90 Å². The monoisotopic (exact) mass is 266 g/mol. The molecular weight excluding hydrogens is 248 g/mol. The predicted molar refractivity (Wildman–Crippen MR) is 80.9 cm³/mol. The lowest BCUT2D eigenvalue weighted by Crippen LogP contribution is -2.18. The Labute approximate surface area is 119 Å². The first kappa shape index (κ1) is 14.1. The molecule has 0 aliphatic rings. The number of aliphatic hydroxyl groups excluding tert-OH is 1. The maximum atomic E-state index is 9.34. The lowest BCUT2D eigenvalue weighted by atomic mass is 10.1. The van der Waals surface area contributed by atoms with Gasteiger partial charge in [0.1, 0.15) is 6.07 Å². The SMILES string of the molecule is CCN(c1ccccc1C)c1ccc(CO)cc1C#N. The molecule has 3 heteroatoms. The van der Waals surface area contributed by atoms with E-state index in [1.165, 1.54) is 5.56 Å². The van der Waals surface area contributed by atoms with E-state index >= 15 is 0 Å². The van der Waals surface area contributed by atoms with E-state index in [1.807, 2.05) is 24.3 Å². The molecule has 0 amide bonds. The molecule has 0 aliphatic heterocycles. The first-order valence-electron chi connectivity index (χ1n) is 6.68. The number of rotatable bonds is 4. The second kappa shape index (κ2) is 6.23. The zero-order valence-corrected chi connectivity index (χ0v) is 11.8. The normalized spacial score (nSPS) is 10.1. The molecule has 2 rings (SSSR count). The largest absolute Gasteiger partial charge is 0.392 e. The van der Waals surface area contributed by atoms with Crippen molar-refractivity contribution in [3.8, 4) is 6.07 Å². The number of nitrogens with zero attached hydrogens (tertiary/aromatic N) is 2. The van der Waals surface area contributed by atoms with Gasteiger partial charge in [0.05, 0.1) is 17.9 Å². The van der Waals surface area contributed by atoms with Crippen molar-refractivity contribution in [2.75, 3.05) is 11.4 Å². The fourth-order valence-corrected chi connectivity index (χ4v) is 2.34. The minimum Gasteiger partial charge on any atom is -0.392 e. The first-order chi connectivity index (χ1) is 9.71. The van der Waals surface area contributed by atoms with Crippen LogP contribution in [0.2, 0.25) is 0 Å². The Kier molecular flexibility index (Phi) is 4.39. The van der Waals surface area contributed by atoms with Gasteiger partial charge in [0.25, 0.3) is 0 Å². The molecule has 1 N–H and O–H groups in total. The van der Waals surface area contributed by atoms with Crippen LogP contribution in [0.15, 0.2) is 42.5 Å². The number of nitriles is 1. The Balaban J connectivity index is 2.53. The summed E-state index contributed by atoms with van der Waals surface area (Å²) in [6.45, 7) is 4.85. The van der Waals surface area contributed by atoms with Gasteiger partial charge in [-0.3, -0.25) is 0 Å². The van der Waals surface area contributed by atoms with Crippen molar-refractivity contribution in [2.24, 2.45) is 0 Å². The van der Waals surface area contributed by atoms with Crippen LogP contribution in [-0.4, -0.2) is 11.7 Å². The summed E-state index contributed by atoms with van der Waals surface area (Å²) in [5.74, 6) is 0. The van der Waals surface area contributed by atoms with Crippen molar-refractivity contribution < 1.29 is 5.11 Å². The number of hydrogen-bond acceptors (Lipinski definition) is 3. The van der Waals surface area contributed by atoms with Gasteiger partial charge in [-0.25, -0.2) is 0 Å². The fourth-order valence-electron chi connectivity index (χ4n) is 2.34. The zero-order chi connectivity index (χ0) is 14.5. The van der Waals surface area contributed by atoms with Crippen molar-refractivity contribution in [3.05, 3.63) is 59.2 Å². The average Bonchev–Trinajstić information content (AvgIpc) is 2.50. The Morgan fingerprint density at radius 3 is 2.50 bits per heavy atom. The molecule has 20 heavy (non-hydrogen) atoms. The summed E-state index contributed by atoms with van der Waals surface area (Å²) in [5.41, 5.74) is 4.49. The van der Waals surface area contributed by atoms with Gasteiger partial charge in [-0.15, -0.1) is 0 Å². The van der Waals surface area contributed by atoms with Crippen molar-refractivity contribution >= 4 is 11.4 Å². The molecule has 0 radical (unpaired) electrons.